The summed E-state index contributed by atoms with van der Waals surface area (Å²) in [6.07, 6.45) is 1.86. The molecule has 0 amide bonds. The van der Waals surface area contributed by atoms with Gasteiger partial charge in [0.05, 0.1) is 18.7 Å². The molecule has 0 saturated carbocycles. The molecular weight excluding hydrogens is 402 g/mol. The lowest BCUT2D eigenvalue weighted by atomic mass is 9.99. The molecular formula is C23H33NO7. The van der Waals surface area contributed by atoms with Crippen LogP contribution in [0.25, 0.3) is 10.9 Å². The molecule has 0 radical (unpaired) electrons. The summed E-state index contributed by atoms with van der Waals surface area (Å²) in [5.41, 5.74) is 0.963. The monoisotopic (exact) mass is 435 g/mol. The second-order valence-corrected chi connectivity index (χ2v) is 7.89. The second kappa shape index (κ2) is 12.3. The van der Waals surface area contributed by atoms with Gasteiger partial charge in [0.2, 0.25) is 0 Å². The van der Waals surface area contributed by atoms with Crippen LogP contribution in [0.2, 0.25) is 0 Å². The Morgan fingerprint density at radius 3 is 2.42 bits per heavy atom. The van der Waals surface area contributed by atoms with Crippen LogP contribution in [0, 0.1) is 0 Å². The highest BCUT2D eigenvalue weighted by Gasteiger charge is 2.44. The first-order valence-electron chi connectivity index (χ1n) is 11.0. The van der Waals surface area contributed by atoms with Gasteiger partial charge in [0.1, 0.15) is 30.2 Å². The molecule has 4 N–H and O–H groups in total. The Kier molecular flexibility index (Phi) is 9.45. The van der Waals surface area contributed by atoms with Gasteiger partial charge in [-0.3, -0.25) is 4.98 Å². The number of unbranched alkanes of at least 4 members (excludes halogenated alkanes) is 5. The normalized spacial score (nSPS) is 26.3. The quantitative estimate of drug-likeness (QED) is 0.372. The molecule has 2 heterocycles. The van der Waals surface area contributed by atoms with Gasteiger partial charge in [-0.05, 0) is 37.1 Å². The zero-order chi connectivity index (χ0) is 22.1. The van der Waals surface area contributed by atoms with Crippen molar-refractivity contribution in [1.29, 1.82) is 0 Å². The lowest BCUT2D eigenvalue weighted by molar-refractivity contribution is -0.294. The van der Waals surface area contributed by atoms with Crippen molar-refractivity contribution < 1.29 is 34.6 Å². The Morgan fingerprint density at radius 2 is 1.65 bits per heavy atom. The lowest BCUT2D eigenvalue weighted by Crippen LogP contribution is -2.59. The molecule has 172 valence electrons. The predicted molar refractivity (Wildman–Crippen MR) is 115 cm³/mol. The number of pyridine rings is 1. The van der Waals surface area contributed by atoms with E-state index in [-0.39, 0.29) is 0 Å². The lowest BCUT2D eigenvalue weighted by Gasteiger charge is -2.40. The number of aromatic nitrogens is 1. The Hall–Kier alpha value is -1.81. The van der Waals surface area contributed by atoms with Gasteiger partial charge in [0.15, 0.2) is 6.29 Å². The highest BCUT2D eigenvalue weighted by atomic mass is 16.7. The van der Waals surface area contributed by atoms with Crippen LogP contribution >= 0.6 is 0 Å². The van der Waals surface area contributed by atoms with Gasteiger partial charge in [-0.2, -0.15) is 0 Å². The summed E-state index contributed by atoms with van der Waals surface area (Å²) in [4.78, 5) is 4.30. The molecule has 8 heteroatoms. The van der Waals surface area contributed by atoms with Crippen LogP contribution in [-0.2, 0) is 9.47 Å². The van der Waals surface area contributed by atoms with Gasteiger partial charge in [-0.25, -0.2) is 0 Å². The molecule has 1 fully saturated rings. The van der Waals surface area contributed by atoms with Crippen LogP contribution in [0.15, 0.2) is 36.5 Å². The maximum atomic E-state index is 10.0. The number of nitrogens with zero attached hydrogens (tertiary/aromatic N) is 1. The molecule has 0 spiro atoms. The van der Waals surface area contributed by atoms with Gasteiger partial charge in [-0.15, -0.1) is 0 Å². The topological polar surface area (TPSA) is 122 Å². The summed E-state index contributed by atoms with van der Waals surface area (Å²) in [5, 5.41) is 39.6. The minimum atomic E-state index is -1.52. The molecule has 1 saturated heterocycles. The third-order valence-corrected chi connectivity index (χ3v) is 5.53. The summed E-state index contributed by atoms with van der Waals surface area (Å²) in [5.74, 6) is 0.866. The van der Waals surface area contributed by atoms with Crippen LogP contribution in [0.3, 0.4) is 0 Å². The molecule has 8 nitrogen and oxygen atoms in total. The molecule has 0 aliphatic carbocycles. The Morgan fingerprint density at radius 1 is 0.903 bits per heavy atom. The highest BCUT2D eigenvalue weighted by molar-refractivity contribution is 5.79. The Bertz CT molecular complexity index is 787. The van der Waals surface area contributed by atoms with Crippen LogP contribution in [0.5, 0.6) is 5.75 Å². The summed E-state index contributed by atoms with van der Waals surface area (Å²) >= 11 is 0. The van der Waals surface area contributed by atoms with E-state index in [1.54, 1.807) is 6.20 Å². The highest BCUT2D eigenvalue weighted by Crippen LogP contribution is 2.23. The van der Waals surface area contributed by atoms with E-state index in [0.717, 1.165) is 55.2 Å². The smallest absolute Gasteiger partial charge is 0.184 e. The van der Waals surface area contributed by atoms with E-state index in [0.29, 0.717) is 13.2 Å². The maximum Gasteiger partial charge on any atom is 0.184 e. The van der Waals surface area contributed by atoms with Crippen molar-refractivity contribution in [2.75, 3.05) is 19.8 Å². The number of aliphatic hydroxyl groups excluding tert-OH is 4. The molecule has 3 rings (SSSR count). The van der Waals surface area contributed by atoms with E-state index in [9.17, 15) is 20.4 Å². The van der Waals surface area contributed by atoms with Crippen molar-refractivity contribution in [3.63, 3.8) is 0 Å². The van der Waals surface area contributed by atoms with Gasteiger partial charge < -0.3 is 34.6 Å². The minimum Gasteiger partial charge on any atom is -0.494 e. The standard InChI is InChI=1S/C23H33NO7/c25-15-19-22(20(26)21(27)23(28)31-19)30-13-6-4-2-1-3-5-12-29-17-9-10-18-16(14-17)8-7-11-24-18/h7-11,14,19-23,25-28H,1-6,12-13,15H2/t19-,20-,21-,22-,23?/m1/s1. The summed E-state index contributed by atoms with van der Waals surface area (Å²) < 4.78 is 16.5. The van der Waals surface area contributed by atoms with E-state index in [4.69, 9.17) is 14.2 Å². The van der Waals surface area contributed by atoms with Crippen molar-refractivity contribution in [3.8, 4) is 5.75 Å². The number of rotatable bonds is 12. The van der Waals surface area contributed by atoms with Gasteiger partial charge in [-0.1, -0.05) is 31.7 Å². The third-order valence-electron chi connectivity index (χ3n) is 5.53. The zero-order valence-electron chi connectivity index (χ0n) is 17.7. The summed E-state index contributed by atoms with van der Waals surface area (Å²) in [6.45, 7) is 0.680. The van der Waals surface area contributed by atoms with Crippen LogP contribution in [-0.4, -0.2) is 75.9 Å². The van der Waals surface area contributed by atoms with Gasteiger partial charge in [0, 0.05) is 18.2 Å². The van der Waals surface area contributed by atoms with Crippen molar-refractivity contribution >= 4 is 10.9 Å². The number of hydrogen-bond donors (Lipinski definition) is 4. The van der Waals surface area contributed by atoms with Crippen molar-refractivity contribution in [1.82, 2.24) is 4.98 Å². The first kappa shape index (κ1) is 23.8. The second-order valence-electron chi connectivity index (χ2n) is 7.89. The molecule has 1 aromatic carbocycles. The predicted octanol–water partition coefficient (Wildman–Crippen LogP) is 1.77. The first-order valence-corrected chi connectivity index (χ1v) is 11.0. The number of benzene rings is 1. The Balaban J connectivity index is 1.22. The van der Waals surface area contributed by atoms with Crippen molar-refractivity contribution in [2.45, 2.75) is 69.2 Å². The SMILES string of the molecule is OC[C@H]1OC(O)[C@H](O)[C@@H](O)[C@@H]1OCCCCCCCCOc1ccc2ncccc2c1. The Labute approximate surface area is 182 Å². The van der Waals surface area contributed by atoms with Crippen LogP contribution in [0.4, 0.5) is 0 Å². The molecule has 31 heavy (non-hydrogen) atoms. The fourth-order valence-electron chi connectivity index (χ4n) is 3.74. The number of hydrogen-bond acceptors (Lipinski definition) is 8. The van der Waals surface area contributed by atoms with E-state index < -0.39 is 37.3 Å². The van der Waals surface area contributed by atoms with E-state index in [1.807, 2.05) is 30.3 Å². The summed E-state index contributed by atoms with van der Waals surface area (Å²) in [6, 6.07) is 9.87. The number of fused-ring (bicyclic) bond motifs is 1. The largest absolute Gasteiger partial charge is 0.494 e. The van der Waals surface area contributed by atoms with E-state index in [2.05, 4.69) is 4.98 Å². The average Bonchev–Trinajstić information content (AvgIpc) is 2.79. The molecule has 2 aromatic rings. The zero-order valence-corrected chi connectivity index (χ0v) is 17.7. The van der Waals surface area contributed by atoms with Gasteiger partial charge >= 0.3 is 0 Å². The van der Waals surface area contributed by atoms with Gasteiger partial charge in [0.25, 0.3) is 0 Å². The molecule has 1 aromatic heterocycles. The molecule has 1 aliphatic rings. The minimum absolute atomic E-state index is 0.393. The van der Waals surface area contributed by atoms with E-state index >= 15 is 0 Å². The molecule has 5 atom stereocenters. The fraction of sp³-hybridized carbons (Fsp3) is 0.609. The molecule has 0 bridgehead atoms. The average molecular weight is 436 g/mol. The van der Waals surface area contributed by atoms with Crippen LogP contribution < -0.4 is 4.74 Å². The number of aliphatic hydroxyl groups is 4. The van der Waals surface area contributed by atoms with Crippen molar-refractivity contribution in [2.24, 2.45) is 0 Å². The van der Waals surface area contributed by atoms with Crippen LogP contribution in [0.1, 0.15) is 38.5 Å². The summed E-state index contributed by atoms with van der Waals surface area (Å²) in [7, 11) is 0. The van der Waals surface area contributed by atoms with E-state index in [1.165, 1.54) is 0 Å². The molecule has 1 unspecified atom stereocenters. The van der Waals surface area contributed by atoms with Crippen molar-refractivity contribution in [3.05, 3.63) is 36.5 Å². The third kappa shape index (κ3) is 6.83. The fourth-order valence-corrected chi connectivity index (χ4v) is 3.74. The number of ether oxygens (including phenoxy) is 3. The first-order chi connectivity index (χ1) is 15.1. The molecule has 1 aliphatic heterocycles. The maximum absolute atomic E-state index is 10.0.